The van der Waals surface area contributed by atoms with E-state index in [9.17, 15) is 4.79 Å². The number of nitrogens with one attached hydrogen (secondary N) is 2. The number of hydrogen-bond acceptors (Lipinski definition) is 4. The zero-order chi connectivity index (χ0) is 13.1. The molecule has 2 aromatic rings. The van der Waals surface area contributed by atoms with Crippen LogP contribution in [0.4, 0.5) is 5.69 Å². The van der Waals surface area contributed by atoms with E-state index in [0.29, 0.717) is 5.69 Å². The number of methoxy groups -OCH3 is 1. The summed E-state index contributed by atoms with van der Waals surface area (Å²) >= 11 is 0. The maximum atomic E-state index is 11.8. The smallest absolute Gasteiger partial charge is 0.292 e. The highest BCUT2D eigenvalue weighted by atomic mass is 16.5. The van der Waals surface area contributed by atoms with E-state index in [1.165, 1.54) is 6.33 Å². The Morgan fingerprint density at radius 2 is 2.17 bits per heavy atom. The molecule has 1 aromatic heterocycles. The van der Waals surface area contributed by atoms with Crippen molar-refractivity contribution in [3.8, 4) is 5.75 Å². The van der Waals surface area contributed by atoms with Crippen LogP contribution in [-0.4, -0.2) is 28.2 Å². The Bertz CT molecular complexity index is 564. The molecule has 6 heteroatoms. The fraction of sp³-hybridized carbons (Fsp3) is 0.250. The molecule has 0 saturated heterocycles. The summed E-state index contributed by atoms with van der Waals surface area (Å²) in [7, 11) is 1.61. The fourth-order valence-electron chi connectivity index (χ4n) is 1.77. The number of ether oxygens (including phenoxy) is 1. The van der Waals surface area contributed by atoms with E-state index in [0.717, 1.165) is 16.9 Å². The van der Waals surface area contributed by atoms with Crippen molar-refractivity contribution >= 4 is 11.6 Å². The van der Waals surface area contributed by atoms with E-state index in [4.69, 9.17) is 4.74 Å². The molecule has 0 spiro atoms. The minimum atomic E-state index is -0.332. The second-order valence-corrected chi connectivity index (χ2v) is 3.88. The van der Waals surface area contributed by atoms with Gasteiger partial charge in [0.25, 0.3) is 5.91 Å². The Morgan fingerprint density at radius 3 is 2.78 bits per heavy atom. The number of amides is 1. The van der Waals surface area contributed by atoms with Gasteiger partial charge in [-0.3, -0.25) is 9.89 Å². The number of nitrogens with zero attached hydrogens (tertiary/aromatic N) is 2. The highest BCUT2D eigenvalue weighted by Gasteiger charge is 2.13. The molecule has 18 heavy (non-hydrogen) atoms. The third-order valence-corrected chi connectivity index (χ3v) is 2.69. The van der Waals surface area contributed by atoms with E-state index in [1.54, 1.807) is 7.11 Å². The van der Waals surface area contributed by atoms with Crippen LogP contribution in [0.2, 0.25) is 0 Å². The number of rotatable bonds is 3. The number of aromatic amines is 1. The topological polar surface area (TPSA) is 79.9 Å². The molecular formula is C12H14N4O2. The maximum Gasteiger partial charge on any atom is 0.292 e. The molecule has 0 bridgehead atoms. The van der Waals surface area contributed by atoms with Crippen molar-refractivity contribution in [3.63, 3.8) is 0 Å². The molecule has 2 rings (SSSR count). The summed E-state index contributed by atoms with van der Waals surface area (Å²) in [5.74, 6) is 0.612. The van der Waals surface area contributed by atoms with Crippen molar-refractivity contribution < 1.29 is 9.53 Å². The monoisotopic (exact) mass is 246 g/mol. The van der Waals surface area contributed by atoms with Crippen LogP contribution in [0.15, 0.2) is 18.5 Å². The first-order valence-electron chi connectivity index (χ1n) is 5.44. The van der Waals surface area contributed by atoms with Crippen LogP contribution < -0.4 is 10.1 Å². The lowest BCUT2D eigenvalue weighted by molar-refractivity contribution is 0.101. The summed E-state index contributed by atoms with van der Waals surface area (Å²) in [6, 6.07) is 3.73. The Hall–Kier alpha value is -2.37. The Morgan fingerprint density at radius 1 is 1.39 bits per heavy atom. The van der Waals surface area contributed by atoms with Crippen molar-refractivity contribution in [2.24, 2.45) is 0 Å². The molecule has 0 aliphatic carbocycles. The quantitative estimate of drug-likeness (QED) is 0.863. The number of H-pyrrole nitrogens is 1. The molecule has 0 atom stereocenters. The molecule has 2 N–H and O–H groups in total. The fourth-order valence-corrected chi connectivity index (χ4v) is 1.77. The first kappa shape index (κ1) is 12.1. The second kappa shape index (κ2) is 4.87. The van der Waals surface area contributed by atoms with E-state index in [-0.39, 0.29) is 11.7 Å². The summed E-state index contributed by atoms with van der Waals surface area (Å²) in [6.45, 7) is 3.84. The third kappa shape index (κ3) is 2.17. The third-order valence-electron chi connectivity index (χ3n) is 2.69. The minimum Gasteiger partial charge on any atom is -0.496 e. The highest BCUT2D eigenvalue weighted by molar-refractivity contribution is 6.02. The molecule has 0 unspecified atom stereocenters. The molecule has 6 nitrogen and oxygen atoms in total. The number of aryl methyl sites for hydroxylation is 1. The number of benzene rings is 1. The van der Waals surface area contributed by atoms with E-state index >= 15 is 0 Å². The minimum absolute atomic E-state index is 0.175. The first-order valence-corrected chi connectivity index (χ1v) is 5.44. The number of carbonyl (C=O) groups is 1. The van der Waals surface area contributed by atoms with Crippen molar-refractivity contribution in [2.75, 3.05) is 12.4 Å². The molecule has 0 aliphatic heterocycles. The van der Waals surface area contributed by atoms with Crippen molar-refractivity contribution in [1.29, 1.82) is 0 Å². The average Bonchev–Trinajstić information content (AvgIpc) is 2.87. The largest absolute Gasteiger partial charge is 0.496 e. The van der Waals surface area contributed by atoms with Crippen LogP contribution in [0.5, 0.6) is 5.75 Å². The molecule has 0 aliphatic rings. The first-order chi connectivity index (χ1) is 8.63. The molecule has 1 heterocycles. The normalized spacial score (nSPS) is 10.2. The lowest BCUT2D eigenvalue weighted by Crippen LogP contribution is -2.14. The van der Waals surface area contributed by atoms with Gasteiger partial charge in [0.15, 0.2) is 0 Å². The van der Waals surface area contributed by atoms with Crippen LogP contribution in [0.1, 0.15) is 21.7 Å². The molecule has 0 radical (unpaired) electrons. The van der Waals surface area contributed by atoms with Gasteiger partial charge in [0, 0.05) is 11.3 Å². The lowest BCUT2D eigenvalue weighted by atomic mass is 10.1. The van der Waals surface area contributed by atoms with Gasteiger partial charge in [0.2, 0.25) is 5.82 Å². The molecule has 1 amide bonds. The zero-order valence-corrected chi connectivity index (χ0v) is 10.4. The second-order valence-electron chi connectivity index (χ2n) is 3.88. The SMILES string of the molecule is COc1c(C)ccc(NC(=O)c2ncn[nH]2)c1C. The van der Waals surface area contributed by atoms with Crippen molar-refractivity contribution in [1.82, 2.24) is 15.2 Å². The number of carbonyl (C=O) groups excluding carboxylic acids is 1. The molecule has 1 aromatic carbocycles. The summed E-state index contributed by atoms with van der Waals surface area (Å²) < 4.78 is 5.30. The number of anilines is 1. The van der Waals surface area contributed by atoms with Gasteiger partial charge in [0.05, 0.1) is 7.11 Å². The zero-order valence-electron chi connectivity index (χ0n) is 10.4. The van der Waals surface area contributed by atoms with Crippen LogP contribution in [0.25, 0.3) is 0 Å². The van der Waals surface area contributed by atoms with Gasteiger partial charge in [0.1, 0.15) is 12.1 Å². The van der Waals surface area contributed by atoms with Gasteiger partial charge in [-0.1, -0.05) is 6.07 Å². The molecular weight excluding hydrogens is 232 g/mol. The van der Waals surface area contributed by atoms with E-state index < -0.39 is 0 Å². The summed E-state index contributed by atoms with van der Waals surface area (Å²) in [6.07, 6.45) is 1.29. The Kier molecular flexibility index (Phi) is 3.27. The number of aromatic nitrogens is 3. The van der Waals surface area contributed by atoms with Gasteiger partial charge >= 0.3 is 0 Å². The predicted octanol–water partition coefficient (Wildman–Crippen LogP) is 1.68. The van der Waals surface area contributed by atoms with Gasteiger partial charge < -0.3 is 10.1 Å². The maximum absolute atomic E-state index is 11.8. The van der Waals surface area contributed by atoms with E-state index in [2.05, 4.69) is 20.5 Å². The summed E-state index contributed by atoms with van der Waals surface area (Å²) in [5.41, 5.74) is 2.59. The number of hydrogen-bond donors (Lipinski definition) is 2. The van der Waals surface area contributed by atoms with Gasteiger partial charge in [-0.2, -0.15) is 5.10 Å². The van der Waals surface area contributed by atoms with Crippen LogP contribution in [0, 0.1) is 13.8 Å². The van der Waals surface area contributed by atoms with Crippen molar-refractivity contribution in [3.05, 3.63) is 35.4 Å². The highest BCUT2D eigenvalue weighted by Crippen LogP contribution is 2.29. The predicted molar refractivity (Wildman–Crippen MR) is 66.8 cm³/mol. The van der Waals surface area contributed by atoms with Crippen molar-refractivity contribution in [2.45, 2.75) is 13.8 Å². The van der Waals surface area contributed by atoms with E-state index in [1.807, 2.05) is 26.0 Å². The summed E-state index contributed by atoms with van der Waals surface area (Å²) in [4.78, 5) is 15.6. The lowest BCUT2D eigenvalue weighted by Gasteiger charge is -2.13. The van der Waals surface area contributed by atoms with Gasteiger partial charge in [-0.25, -0.2) is 4.98 Å². The molecule has 0 fully saturated rings. The Balaban J connectivity index is 2.27. The van der Waals surface area contributed by atoms with Gasteiger partial charge in [-0.15, -0.1) is 0 Å². The Labute approximate surface area is 104 Å². The van der Waals surface area contributed by atoms with Gasteiger partial charge in [-0.05, 0) is 25.5 Å². The average molecular weight is 246 g/mol. The van der Waals surface area contributed by atoms with Crippen LogP contribution in [-0.2, 0) is 0 Å². The molecule has 94 valence electrons. The van der Waals surface area contributed by atoms with Crippen LogP contribution >= 0.6 is 0 Å². The van der Waals surface area contributed by atoms with Crippen LogP contribution in [0.3, 0.4) is 0 Å². The standard InChI is InChI=1S/C12H14N4O2/c1-7-4-5-9(8(2)10(7)18-3)15-12(17)11-13-6-14-16-11/h4-6H,1-3H3,(H,15,17)(H,13,14,16). The summed E-state index contributed by atoms with van der Waals surface area (Å²) in [5, 5.41) is 8.91. The molecule has 0 saturated carbocycles.